The van der Waals surface area contributed by atoms with E-state index in [1.807, 2.05) is 34.6 Å². The van der Waals surface area contributed by atoms with E-state index in [4.69, 9.17) is 15.2 Å². The van der Waals surface area contributed by atoms with Gasteiger partial charge in [-0.25, -0.2) is 0 Å². The summed E-state index contributed by atoms with van der Waals surface area (Å²) < 4.78 is 12.7. The Morgan fingerprint density at radius 3 is 2.05 bits per heavy atom. The zero-order chi connectivity index (χ0) is 31.9. The van der Waals surface area contributed by atoms with Gasteiger partial charge in [0.15, 0.2) is 0 Å². The molecular formula is C37H63NO5. The standard InChI is InChI=1S/C37H63NO5/c1-31(2,3)30(41)43-23-36-16-10-11-27(36)37(38)20-14-25-34(8)18-15-28(42-22-32(4,5)21-29(39)40)33(6,7)24(34)12-17-35(25,9)26(37)13-19-36/h24-28H,10-23,38H2,1-9H3,(H,39,40). The molecule has 246 valence electrons. The van der Waals surface area contributed by atoms with Crippen molar-refractivity contribution in [3.8, 4) is 0 Å². The highest BCUT2D eigenvalue weighted by Crippen LogP contribution is 2.73. The maximum atomic E-state index is 12.8. The molecule has 0 aliphatic heterocycles. The Balaban J connectivity index is 1.34. The first kappa shape index (κ1) is 33.2. The van der Waals surface area contributed by atoms with E-state index in [0.29, 0.717) is 36.9 Å². The van der Waals surface area contributed by atoms with E-state index in [9.17, 15) is 14.7 Å². The molecule has 0 amide bonds. The number of carboxylic acids is 1. The van der Waals surface area contributed by atoms with Crippen molar-refractivity contribution in [3.05, 3.63) is 0 Å². The number of carbonyl (C=O) groups is 2. The van der Waals surface area contributed by atoms with Crippen LogP contribution in [-0.2, 0) is 19.1 Å². The summed E-state index contributed by atoms with van der Waals surface area (Å²) in [6.45, 7) is 20.9. The van der Waals surface area contributed by atoms with Crippen molar-refractivity contribution in [1.29, 1.82) is 0 Å². The van der Waals surface area contributed by atoms with Gasteiger partial charge in [0.1, 0.15) is 0 Å². The first-order valence-electron chi connectivity index (χ1n) is 17.5. The highest BCUT2D eigenvalue weighted by molar-refractivity contribution is 5.75. The van der Waals surface area contributed by atoms with Gasteiger partial charge in [0.2, 0.25) is 0 Å². The van der Waals surface area contributed by atoms with E-state index in [1.165, 1.54) is 38.5 Å². The molecule has 0 aromatic heterocycles. The molecule has 0 radical (unpaired) electrons. The highest BCUT2D eigenvalue weighted by Gasteiger charge is 2.69. The van der Waals surface area contributed by atoms with E-state index < -0.39 is 11.4 Å². The molecule has 0 bridgehead atoms. The molecule has 0 aromatic carbocycles. The molecule has 5 saturated carbocycles. The molecule has 9 atom stereocenters. The van der Waals surface area contributed by atoms with Crippen molar-refractivity contribution in [2.75, 3.05) is 13.2 Å². The lowest BCUT2D eigenvalue weighted by molar-refractivity contribution is -0.230. The van der Waals surface area contributed by atoms with Gasteiger partial charge in [-0.1, -0.05) is 48.0 Å². The summed E-state index contributed by atoms with van der Waals surface area (Å²) in [4.78, 5) is 24.2. The smallest absolute Gasteiger partial charge is 0.311 e. The summed E-state index contributed by atoms with van der Waals surface area (Å²) in [5.41, 5.74) is 7.25. The van der Waals surface area contributed by atoms with Crippen LogP contribution in [-0.4, -0.2) is 41.9 Å². The Kier molecular flexibility index (Phi) is 8.28. The summed E-state index contributed by atoms with van der Waals surface area (Å²) in [6, 6.07) is 0. The largest absolute Gasteiger partial charge is 0.481 e. The number of rotatable bonds is 7. The summed E-state index contributed by atoms with van der Waals surface area (Å²) in [5.74, 6) is 1.33. The number of nitrogens with two attached hydrogens (primary N) is 1. The Bertz CT molecular complexity index is 1090. The van der Waals surface area contributed by atoms with Crippen LogP contribution >= 0.6 is 0 Å². The number of hydrogen-bond donors (Lipinski definition) is 2. The molecular weight excluding hydrogens is 538 g/mol. The van der Waals surface area contributed by atoms with Crippen molar-refractivity contribution < 1.29 is 24.2 Å². The molecule has 0 aromatic rings. The summed E-state index contributed by atoms with van der Waals surface area (Å²) in [6.07, 6.45) is 13.0. The number of ether oxygens (including phenoxy) is 2. The van der Waals surface area contributed by atoms with Gasteiger partial charge in [0.05, 0.1) is 31.2 Å². The van der Waals surface area contributed by atoms with E-state index in [2.05, 4.69) is 27.7 Å². The third-order valence-electron chi connectivity index (χ3n) is 14.2. The molecule has 0 saturated heterocycles. The first-order valence-corrected chi connectivity index (χ1v) is 17.5. The average Bonchev–Trinajstić information content (AvgIpc) is 3.30. The van der Waals surface area contributed by atoms with Crippen LogP contribution in [0.15, 0.2) is 0 Å². The van der Waals surface area contributed by atoms with Gasteiger partial charge in [-0.15, -0.1) is 0 Å². The van der Waals surface area contributed by atoms with Crippen LogP contribution < -0.4 is 5.73 Å². The van der Waals surface area contributed by atoms with Crippen LogP contribution in [0.1, 0.15) is 139 Å². The van der Waals surface area contributed by atoms with Crippen LogP contribution in [0.2, 0.25) is 0 Å². The Hall–Kier alpha value is -1.14. The van der Waals surface area contributed by atoms with E-state index >= 15 is 0 Å². The number of esters is 1. The minimum atomic E-state index is -0.757. The molecule has 0 heterocycles. The van der Waals surface area contributed by atoms with E-state index in [1.54, 1.807) is 0 Å². The molecule has 9 unspecified atom stereocenters. The lowest BCUT2D eigenvalue weighted by Crippen LogP contribution is -2.71. The van der Waals surface area contributed by atoms with Gasteiger partial charge in [0.25, 0.3) is 0 Å². The molecule has 3 N–H and O–H groups in total. The van der Waals surface area contributed by atoms with E-state index in [-0.39, 0.29) is 51.1 Å². The molecule has 5 rings (SSSR count). The van der Waals surface area contributed by atoms with Gasteiger partial charge < -0.3 is 20.3 Å². The Morgan fingerprint density at radius 2 is 1.40 bits per heavy atom. The second kappa shape index (κ2) is 10.7. The first-order chi connectivity index (χ1) is 19.7. The molecule has 0 spiro atoms. The van der Waals surface area contributed by atoms with Crippen molar-refractivity contribution >= 4 is 11.9 Å². The second-order valence-corrected chi connectivity index (χ2v) is 18.9. The fourth-order valence-corrected chi connectivity index (χ4v) is 12.3. The van der Waals surface area contributed by atoms with Crippen LogP contribution in [0.3, 0.4) is 0 Å². The lowest BCUT2D eigenvalue weighted by Gasteiger charge is -2.71. The minimum Gasteiger partial charge on any atom is -0.481 e. The number of hydrogen-bond acceptors (Lipinski definition) is 5. The zero-order valence-electron chi connectivity index (χ0n) is 28.9. The predicted octanol–water partition coefficient (Wildman–Crippen LogP) is 8.01. The Labute approximate surface area is 262 Å². The molecule has 6 nitrogen and oxygen atoms in total. The number of aliphatic carboxylic acids is 1. The SMILES string of the molecule is CC(C)(COC1CCC2(C)C(CCC3(C)C2CCC2(N)C4CCCC4(COC(=O)C(C)(C)C)CCC32)C1(C)C)CC(=O)O. The van der Waals surface area contributed by atoms with Crippen LogP contribution in [0, 0.1) is 56.2 Å². The van der Waals surface area contributed by atoms with Crippen LogP contribution in [0.25, 0.3) is 0 Å². The van der Waals surface area contributed by atoms with Gasteiger partial charge in [-0.3, -0.25) is 9.59 Å². The van der Waals surface area contributed by atoms with E-state index in [0.717, 1.165) is 32.1 Å². The molecule has 5 aliphatic rings. The van der Waals surface area contributed by atoms with Crippen LogP contribution in [0.4, 0.5) is 0 Å². The monoisotopic (exact) mass is 601 g/mol. The molecule has 43 heavy (non-hydrogen) atoms. The zero-order valence-corrected chi connectivity index (χ0v) is 28.9. The maximum Gasteiger partial charge on any atom is 0.311 e. The van der Waals surface area contributed by atoms with Gasteiger partial charge >= 0.3 is 11.9 Å². The topological polar surface area (TPSA) is 98.9 Å². The fourth-order valence-electron chi connectivity index (χ4n) is 12.3. The van der Waals surface area contributed by atoms with Crippen molar-refractivity contribution in [2.24, 2.45) is 61.9 Å². The lowest BCUT2D eigenvalue weighted by atomic mass is 9.35. The van der Waals surface area contributed by atoms with Crippen molar-refractivity contribution in [2.45, 2.75) is 151 Å². The number of carboxylic acid groups (broad SMARTS) is 1. The van der Waals surface area contributed by atoms with Crippen molar-refractivity contribution in [1.82, 2.24) is 0 Å². The molecule has 5 aliphatic carbocycles. The summed E-state index contributed by atoms with van der Waals surface area (Å²) >= 11 is 0. The van der Waals surface area contributed by atoms with Crippen LogP contribution in [0.5, 0.6) is 0 Å². The predicted molar refractivity (Wildman–Crippen MR) is 170 cm³/mol. The minimum absolute atomic E-state index is 0.0367. The second-order valence-electron chi connectivity index (χ2n) is 18.9. The molecule has 5 fully saturated rings. The summed E-state index contributed by atoms with van der Waals surface area (Å²) in [5, 5.41) is 9.37. The van der Waals surface area contributed by atoms with Gasteiger partial charge in [-0.05, 0) is 130 Å². The quantitative estimate of drug-likeness (QED) is 0.287. The maximum absolute atomic E-state index is 12.8. The fraction of sp³-hybridized carbons (Fsp3) is 0.946. The van der Waals surface area contributed by atoms with Gasteiger partial charge in [-0.2, -0.15) is 0 Å². The van der Waals surface area contributed by atoms with Crippen molar-refractivity contribution in [3.63, 3.8) is 0 Å². The third kappa shape index (κ3) is 5.40. The Morgan fingerprint density at radius 1 is 0.791 bits per heavy atom. The average molecular weight is 602 g/mol. The third-order valence-corrected chi connectivity index (χ3v) is 14.2. The summed E-state index contributed by atoms with van der Waals surface area (Å²) in [7, 11) is 0. The molecule has 6 heteroatoms. The normalized spacial score (nSPS) is 44.0. The van der Waals surface area contributed by atoms with Gasteiger partial charge in [0, 0.05) is 11.0 Å². The number of carbonyl (C=O) groups excluding carboxylic acids is 1. The highest BCUT2D eigenvalue weighted by atomic mass is 16.5. The number of fused-ring (bicyclic) bond motifs is 7.